The molecule has 1 amide bonds. The minimum atomic E-state index is -4.82. The molecule has 4 rings (SSSR count). The molecule has 1 aliphatic rings. The number of alkyl halides is 3. The van der Waals surface area contributed by atoms with Gasteiger partial charge in [-0.05, 0) is 49.6 Å². The van der Waals surface area contributed by atoms with Crippen LogP contribution in [-0.2, 0) is 10.9 Å². The Bertz CT molecular complexity index is 1280. The number of likely N-dealkylation sites (tertiary alicyclic amines) is 1. The van der Waals surface area contributed by atoms with Crippen molar-refractivity contribution in [2.45, 2.75) is 32.0 Å². The zero-order valence-electron chi connectivity index (χ0n) is 17.9. The van der Waals surface area contributed by atoms with Gasteiger partial charge < -0.3 is 9.64 Å². The molecule has 174 valence electrons. The van der Waals surface area contributed by atoms with Crippen molar-refractivity contribution in [3.05, 3.63) is 69.5 Å². The first-order valence-corrected chi connectivity index (χ1v) is 10.3. The number of amides is 1. The normalized spacial score (nSPS) is 15.3. The van der Waals surface area contributed by atoms with Crippen LogP contribution in [0.5, 0.6) is 0 Å². The fourth-order valence-electron chi connectivity index (χ4n) is 4.07. The van der Waals surface area contributed by atoms with Gasteiger partial charge in [0.2, 0.25) is 0 Å². The number of hydrogen-bond donors (Lipinski definition) is 0. The lowest BCUT2D eigenvalue weighted by Gasteiger charge is -2.31. The van der Waals surface area contributed by atoms with Gasteiger partial charge in [0.1, 0.15) is 11.5 Å². The fourth-order valence-corrected chi connectivity index (χ4v) is 4.07. The molecule has 0 unspecified atom stereocenters. The van der Waals surface area contributed by atoms with E-state index in [4.69, 9.17) is 4.74 Å². The van der Waals surface area contributed by atoms with E-state index in [-0.39, 0.29) is 28.4 Å². The largest absolute Gasteiger partial charge is 0.433 e. The van der Waals surface area contributed by atoms with Crippen molar-refractivity contribution >= 4 is 11.6 Å². The standard InChI is InChI=1S/C23H21F4N3O3/c1-13-19(23(25,26)27)28-20-16(4-3-9-30(20)21(13)31)14-5-6-17(18(24)12-14)22(32)29-10-7-15(33-2)8-11-29/h3-6,9,12,15H,7-8,10-11H2,1-2H3. The van der Waals surface area contributed by atoms with Crippen molar-refractivity contribution in [1.29, 1.82) is 0 Å². The van der Waals surface area contributed by atoms with E-state index in [2.05, 4.69) is 4.98 Å². The third-order valence-electron chi connectivity index (χ3n) is 5.92. The second kappa shape index (κ2) is 8.58. The third-order valence-corrected chi connectivity index (χ3v) is 5.92. The highest BCUT2D eigenvalue weighted by molar-refractivity contribution is 5.95. The van der Waals surface area contributed by atoms with Crippen molar-refractivity contribution < 1.29 is 27.1 Å². The van der Waals surface area contributed by atoms with Crippen LogP contribution in [0, 0.1) is 12.7 Å². The van der Waals surface area contributed by atoms with Crippen LogP contribution in [0.3, 0.4) is 0 Å². The molecule has 3 aromatic rings. The zero-order valence-corrected chi connectivity index (χ0v) is 17.9. The molecule has 0 atom stereocenters. The smallest absolute Gasteiger partial charge is 0.381 e. The van der Waals surface area contributed by atoms with Gasteiger partial charge in [0, 0.05) is 37.5 Å². The number of rotatable bonds is 3. The van der Waals surface area contributed by atoms with Crippen LogP contribution < -0.4 is 5.56 Å². The van der Waals surface area contributed by atoms with E-state index in [0.717, 1.165) is 17.4 Å². The number of carbonyl (C=O) groups excluding carboxylic acids is 1. The highest BCUT2D eigenvalue weighted by atomic mass is 19.4. The Labute approximate surface area is 186 Å². The molecule has 0 radical (unpaired) electrons. The van der Waals surface area contributed by atoms with Gasteiger partial charge >= 0.3 is 6.18 Å². The first-order valence-electron chi connectivity index (χ1n) is 10.3. The van der Waals surface area contributed by atoms with Gasteiger partial charge in [0.25, 0.3) is 11.5 Å². The maximum Gasteiger partial charge on any atom is 0.433 e. The number of aromatic nitrogens is 2. The highest BCUT2D eigenvalue weighted by Crippen LogP contribution is 2.32. The number of fused-ring (bicyclic) bond motifs is 1. The number of carbonyl (C=O) groups is 1. The molecular weight excluding hydrogens is 442 g/mol. The van der Waals surface area contributed by atoms with Crippen LogP contribution in [0.15, 0.2) is 41.3 Å². The van der Waals surface area contributed by atoms with Gasteiger partial charge in [-0.2, -0.15) is 13.2 Å². The molecule has 0 aliphatic carbocycles. The van der Waals surface area contributed by atoms with Gasteiger partial charge in [-0.3, -0.25) is 14.0 Å². The zero-order chi connectivity index (χ0) is 23.9. The topological polar surface area (TPSA) is 63.9 Å². The molecule has 0 saturated carbocycles. The van der Waals surface area contributed by atoms with Crippen LogP contribution in [0.25, 0.3) is 16.8 Å². The number of methoxy groups -OCH3 is 1. The first kappa shape index (κ1) is 22.9. The van der Waals surface area contributed by atoms with Crippen LogP contribution in [-0.4, -0.2) is 46.5 Å². The number of nitrogens with zero attached hydrogens (tertiary/aromatic N) is 3. The predicted octanol–water partition coefficient (Wildman–Crippen LogP) is 4.08. The Morgan fingerprint density at radius 2 is 1.88 bits per heavy atom. The predicted molar refractivity (Wildman–Crippen MR) is 113 cm³/mol. The molecule has 0 spiro atoms. The Morgan fingerprint density at radius 3 is 2.48 bits per heavy atom. The second-order valence-corrected chi connectivity index (χ2v) is 7.93. The summed E-state index contributed by atoms with van der Waals surface area (Å²) >= 11 is 0. The second-order valence-electron chi connectivity index (χ2n) is 7.93. The van der Waals surface area contributed by atoms with Gasteiger partial charge in [-0.25, -0.2) is 9.37 Å². The van der Waals surface area contributed by atoms with E-state index in [0.29, 0.717) is 25.9 Å². The average molecular weight is 463 g/mol. The van der Waals surface area contributed by atoms with Crippen molar-refractivity contribution in [2.75, 3.05) is 20.2 Å². The first-order chi connectivity index (χ1) is 15.6. The number of benzene rings is 1. The number of pyridine rings is 1. The van der Waals surface area contributed by atoms with Crippen LogP contribution in [0.4, 0.5) is 17.6 Å². The van der Waals surface area contributed by atoms with Crippen molar-refractivity contribution in [3.63, 3.8) is 0 Å². The summed E-state index contributed by atoms with van der Waals surface area (Å²) in [5, 5.41) is 0. The number of hydrogen-bond acceptors (Lipinski definition) is 4. The Morgan fingerprint density at radius 1 is 1.18 bits per heavy atom. The number of piperidine rings is 1. The van der Waals surface area contributed by atoms with E-state index in [1.165, 1.54) is 30.5 Å². The van der Waals surface area contributed by atoms with Crippen molar-refractivity contribution in [2.24, 2.45) is 0 Å². The summed E-state index contributed by atoms with van der Waals surface area (Å²) in [6.45, 7) is 1.94. The van der Waals surface area contributed by atoms with Gasteiger partial charge in [0.05, 0.1) is 11.7 Å². The molecule has 1 fully saturated rings. The van der Waals surface area contributed by atoms with Crippen molar-refractivity contribution in [3.8, 4) is 11.1 Å². The molecule has 1 aliphatic heterocycles. The molecule has 1 aromatic carbocycles. The van der Waals surface area contributed by atoms with Crippen molar-refractivity contribution in [1.82, 2.24) is 14.3 Å². The maximum atomic E-state index is 15.0. The monoisotopic (exact) mass is 463 g/mol. The summed E-state index contributed by atoms with van der Waals surface area (Å²) < 4.78 is 61.4. The van der Waals surface area contributed by atoms with E-state index < -0.39 is 34.7 Å². The minimum Gasteiger partial charge on any atom is -0.381 e. The number of ether oxygens (including phenoxy) is 1. The quantitative estimate of drug-likeness (QED) is 0.550. The highest BCUT2D eigenvalue weighted by Gasteiger charge is 2.36. The lowest BCUT2D eigenvalue weighted by atomic mass is 10.0. The SMILES string of the molecule is COC1CCN(C(=O)c2ccc(-c3cccn4c(=O)c(C)c(C(F)(F)F)nc34)cc2F)CC1. The third kappa shape index (κ3) is 4.22. The molecule has 2 aromatic heterocycles. The summed E-state index contributed by atoms with van der Waals surface area (Å²) in [4.78, 5) is 30.5. The van der Waals surface area contributed by atoms with E-state index in [1.807, 2.05) is 0 Å². The van der Waals surface area contributed by atoms with E-state index in [9.17, 15) is 27.2 Å². The molecular formula is C23H21F4N3O3. The minimum absolute atomic E-state index is 0.0637. The molecule has 10 heteroatoms. The molecule has 33 heavy (non-hydrogen) atoms. The van der Waals surface area contributed by atoms with E-state index >= 15 is 0 Å². The fraction of sp³-hybridized carbons (Fsp3) is 0.348. The summed E-state index contributed by atoms with van der Waals surface area (Å²) in [6.07, 6.45) is -2.14. The Kier molecular flexibility index (Phi) is 5.96. The lowest BCUT2D eigenvalue weighted by molar-refractivity contribution is -0.141. The Hall–Kier alpha value is -3.27. The summed E-state index contributed by atoms with van der Waals surface area (Å²) in [5.41, 5.74) is -2.72. The average Bonchev–Trinajstić information content (AvgIpc) is 2.79. The molecule has 0 N–H and O–H groups in total. The number of halogens is 4. The van der Waals surface area contributed by atoms with Crippen LogP contribution >= 0.6 is 0 Å². The molecule has 3 heterocycles. The maximum absolute atomic E-state index is 15.0. The molecule has 6 nitrogen and oxygen atoms in total. The summed E-state index contributed by atoms with van der Waals surface area (Å²) in [7, 11) is 1.61. The lowest BCUT2D eigenvalue weighted by Crippen LogP contribution is -2.40. The van der Waals surface area contributed by atoms with Crippen LogP contribution in [0.1, 0.15) is 34.5 Å². The van der Waals surface area contributed by atoms with Gasteiger partial charge in [-0.1, -0.05) is 6.07 Å². The Balaban J connectivity index is 1.74. The molecule has 0 bridgehead atoms. The van der Waals surface area contributed by atoms with Crippen LogP contribution in [0.2, 0.25) is 0 Å². The molecule has 1 saturated heterocycles. The van der Waals surface area contributed by atoms with E-state index in [1.54, 1.807) is 12.0 Å². The summed E-state index contributed by atoms with van der Waals surface area (Å²) in [6, 6.07) is 6.73. The summed E-state index contributed by atoms with van der Waals surface area (Å²) in [5.74, 6) is -1.27. The van der Waals surface area contributed by atoms with Gasteiger partial charge in [-0.15, -0.1) is 0 Å². The van der Waals surface area contributed by atoms with Gasteiger partial charge in [0.15, 0.2) is 5.69 Å².